The summed E-state index contributed by atoms with van der Waals surface area (Å²) in [6.07, 6.45) is 6.03. The van der Waals surface area contributed by atoms with Crippen molar-refractivity contribution in [3.63, 3.8) is 0 Å². The van der Waals surface area contributed by atoms with Crippen LogP contribution in [0, 0.1) is 19.8 Å². The van der Waals surface area contributed by atoms with Crippen LogP contribution in [-0.4, -0.2) is 22.0 Å². The number of amides is 1. The zero-order valence-corrected chi connectivity index (χ0v) is 15.8. The first-order valence-corrected chi connectivity index (χ1v) is 9.51. The number of nitrogens with zero attached hydrogens (tertiary/aromatic N) is 2. The number of aryl methyl sites for hydroxylation is 2. The number of hydrogen-bond donors (Lipinski definition) is 1. The van der Waals surface area contributed by atoms with Crippen molar-refractivity contribution in [2.75, 3.05) is 6.54 Å². The molecule has 0 aliphatic rings. The minimum absolute atomic E-state index is 0.0281. The third-order valence-electron chi connectivity index (χ3n) is 4.60. The van der Waals surface area contributed by atoms with Gasteiger partial charge in [0.2, 0.25) is 5.91 Å². The Morgan fingerprint density at radius 3 is 2.79 bits per heavy atom. The molecule has 0 unspecified atom stereocenters. The van der Waals surface area contributed by atoms with Crippen molar-refractivity contribution in [1.29, 1.82) is 0 Å². The molecule has 0 fully saturated rings. The Bertz CT molecular complexity index is 763. The highest BCUT2D eigenvalue weighted by atomic mass is 32.1. The summed E-state index contributed by atoms with van der Waals surface area (Å²) in [6.45, 7) is 8.95. The molecule has 0 radical (unpaired) electrons. The smallest absolute Gasteiger partial charge is 0.262 e. The maximum Gasteiger partial charge on any atom is 0.262 e. The first-order chi connectivity index (χ1) is 11.5. The molecule has 0 bridgehead atoms. The van der Waals surface area contributed by atoms with Gasteiger partial charge in [-0.2, -0.15) is 0 Å². The van der Waals surface area contributed by atoms with Gasteiger partial charge in [0, 0.05) is 11.4 Å². The summed E-state index contributed by atoms with van der Waals surface area (Å²) in [4.78, 5) is 30.9. The molecule has 0 aliphatic heterocycles. The second kappa shape index (κ2) is 8.42. The molecule has 24 heavy (non-hydrogen) atoms. The van der Waals surface area contributed by atoms with Crippen LogP contribution in [0.4, 0.5) is 0 Å². The van der Waals surface area contributed by atoms with E-state index < -0.39 is 0 Å². The molecule has 0 aromatic carbocycles. The van der Waals surface area contributed by atoms with Crippen LogP contribution in [0.2, 0.25) is 0 Å². The first kappa shape index (κ1) is 18.6. The lowest BCUT2D eigenvalue weighted by molar-refractivity contribution is -0.121. The minimum Gasteiger partial charge on any atom is -0.354 e. The molecule has 6 heteroatoms. The van der Waals surface area contributed by atoms with Gasteiger partial charge < -0.3 is 5.32 Å². The van der Waals surface area contributed by atoms with Crippen molar-refractivity contribution in [2.45, 2.75) is 59.9 Å². The Kier molecular flexibility index (Phi) is 6.54. The number of carbonyl (C=O) groups excluding carboxylic acids is 1. The molecule has 5 nitrogen and oxygen atoms in total. The Morgan fingerprint density at radius 2 is 2.12 bits per heavy atom. The first-order valence-electron chi connectivity index (χ1n) is 8.69. The van der Waals surface area contributed by atoms with E-state index in [9.17, 15) is 9.59 Å². The molecule has 1 atom stereocenters. The molecule has 1 N–H and O–H groups in total. The van der Waals surface area contributed by atoms with Crippen molar-refractivity contribution in [2.24, 2.45) is 5.92 Å². The number of hydrogen-bond acceptors (Lipinski definition) is 4. The average Bonchev–Trinajstić information content (AvgIpc) is 2.85. The number of aromatic nitrogens is 2. The molecule has 0 aliphatic carbocycles. The Hall–Kier alpha value is -1.69. The van der Waals surface area contributed by atoms with Crippen molar-refractivity contribution < 1.29 is 4.79 Å². The van der Waals surface area contributed by atoms with Crippen LogP contribution >= 0.6 is 11.3 Å². The van der Waals surface area contributed by atoms with E-state index in [4.69, 9.17) is 0 Å². The fourth-order valence-electron chi connectivity index (χ4n) is 2.79. The molecule has 2 heterocycles. The lowest BCUT2D eigenvalue weighted by Gasteiger charge is -2.15. The molecule has 0 saturated heterocycles. The fourth-order valence-corrected chi connectivity index (χ4v) is 3.78. The monoisotopic (exact) mass is 349 g/mol. The summed E-state index contributed by atoms with van der Waals surface area (Å²) in [5.74, 6) is 0.380. The maximum absolute atomic E-state index is 12.6. The van der Waals surface area contributed by atoms with E-state index in [0.29, 0.717) is 17.8 Å². The Morgan fingerprint density at radius 1 is 1.38 bits per heavy atom. The van der Waals surface area contributed by atoms with Gasteiger partial charge in [0.05, 0.1) is 11.7 Å². The summed E-state index contributed by atoms with van der Waals surface area (Å²) in [6, 6.07) is 0. The molecule has 1 amide bonds. The molecule has 2 aromatic rings. The van der Waals surface area contributed by atoms with Gasteiger partial charge in [-0.25, -0.2) is 4.98 Å². The summed E-state index contributed by atoms with van der Waals surface area (Å²) in [5, 5.41) is 3.60. The van der Waals surface area contributed by atoms with Crippen molar-refractivity contribution >= 4 is 27.5 Å². The van der Waals surface area contributed by atoms with E-state index in [1.165, 1.54) is 35.1 Å². The average molecular weight is 350 g/mol. The van der Waals surface area contributed by atoms with Crippen LogP contribution in [0.5, 0.6) is 0 Å². The SMILES string of the molecule is CCCC[C@@H](CC)CNC(=O)Cn1cnc2sc(C)c(C)c2c1=O. The second-order valence-electron chi connectivity index (χ2n) is 6.36. The van der Waals surface area contributed by atoms with Crippen molar-refractivity contribution in [1.82, 2.24) is 14.9 Å². The molecule has 2 rings (SSSR count). The topological polar surface area (TPSA) is 64.0 Å². The van der Waals surface area contributed by atoms with Gasteiger partial charge >= 0.3 is 0 Å². The number of unbranched alkanes of at least 4 members (excludes halogenated alkanes) is 1. The molecule has 0 spiro atoms. The van der Waals surface area contributed by atoms with Crippen molar-refractivity contribution in [3.05, 3.63) is 27.1 Å². The predicted octanol–water partition coefficient (Wildman–Crippen LogP) is 3.41. The van der Waals surface area contributed by atoms with Gasteiger partial charge in [-0.3, -0.25) is 14.2 Å². The van der Waals surface area contributed by atoms with E-state index in [1.54, 1.807) is 0 Å². The third kappa shape index (κ3) is 4.23. The van der Waals surface area contributed by atoms with Crippen LogP contribution in [0.25, 0.3) is 10.2 Å². The van der Waals surface area contributed by atoms with Crippen LogP contribution in [-0.2, 0) is 11.3 Å². The van der Waals surface area contributed by atoms with Crippen LogP contribution < -0.4 is 10.9 Å². The zero-order valence-electron chi connectivity index (χ0n) is 15.0. The number of carbonyl (C=O) groups is 1. The highest BCUT2D eigenvalue weighted by Crippen LogP contribution is 2.25. The molecular formula is C18H27N3O2S. The van der Waals surface area contributed by atoms with Gasteiger partial charge in [0.1, 0.15) is 11.4 Å². The van der Waals surface area contributed by atoms with Gasteiger partial charge in [0.15, 0.2) is 0 Å². The van der Waals surface area contributed by atoms with Crippen LogP contribution in [0.3, 0.4) is 0 Å². The maximum atomic E-state index is 12.6. The minimum atomic E-state index is -0.130. The molecular weight excluding hydrogens is 322 g/mol. The van der Waals surface area contributed by atoms with Gasteiger partial charge in [-0.05, 0) is 31.7 Å². The van der Waals surface area contributed by atoms with E-state index in [0.717, 1.165) is 28.1 Å². The molecule has 132 valence electrons. The highest BCUT2D eigenvalue weighted by molar-refractivity contribution is 7.18. The predicted molar refractivity (Wildman–Crippen MR) is 99.7 cm³/mol. The number of fused-ring (bicyclic) bond motifs is 1. The van der Waals surface area contributed by atoms with E-state index >= 15 is 0 Å². The fraction of sp³-hybridized carbons (Fsp3) is 0.611. The molecule has 2 aromatic heterocycles. The number of rotatable bonds is 8. The number of thiophene rings is 1. The lowest BCUT2D eigenvalue weighted by Crippen LogP contribution is -2.35. The second-order valence-corrected chi connectivity index (χ2v) is 7.56. The highest BCUT2D eigenvalue weighted by Gasteiger charge is 2.14. The summed E-state index contributed by atoms with van der Waals surface area (Å²) in [5.41, 5.74) is 0.836. The molecule has 0 saturated carbocycles. The van der Waals surface area contributed by atoms with E-state index in [2.05, 4.69) is 24.1 Å². The quantitative estimate of drug-likeness (QED) is 0.794. The van der Waals surface area contributed by atoms with Gasteiger partial charge in [0.25, 0.3) is 5.56 Å². The van der Waals surface area contributed by atoms with Gasteiger partial charge in [-0.15, -0.1) is 11.3 Å². The van der Waals surface area contributed by atoms with E-state index in [-0.39, 0.29) is 18.0 Å². The third-order valence-corrected chi connectivity index (χ3v) is 5.72. The van der Waals surface area contributed by atoms with Crippen molar-refractivity contribution in [3.8, 4) is 0 Å². The van der Waals surface area contributed by atoms with Gasteiger partial charge in [-0.1, -0.05) is 33.1 Å². The van der Waals surface area contributed by atoms with E-state index in [1.807, 2.05) is 13.8 Å². The zero-order chi connectivity index (χ0) is 17.7. The largest absolute Gasteiger partial charge is 0.354 e. The Labute approximate surface area is 147 Å². The Balaban J connectivity index is 2.04. The lowest BCUT2D eigenvalue weighted by atomic mass is 9.99. The summed E-state index contributed by atoms with van der Waals surface area (Å²) in [7, 11) is 0. The summed E-state index contributed by atoms with van der Waals surface area (Å²) < 4.78 is 1.41. The summed E-state index contributed by atoms with van der Waals surface area (Å²) >= 11 is 1.52. The van der Waals surface area contributed by atoms with Crippen LogP contribution in [0.1, 0.15) is 50.0 Å². The standard InChI is InChI=1S/C18H27N3O2S/c1-5-7-8-14(6-2)9-19-15(22)10-21-11-20-17-16(18(21)23)12(3)13(4)24-17/h11,14H,5-10H2,1-4H3,(H,19,22)/t14-/m1/s1. The van der Waals surface area contributed by atoms with Crippen LogP contribution in [0.15, 0.2) is 11.1 Å². The number of nitrogens with one attached hydrogen (secondary N) is 1. The normalized spacial score (nSPS) is 12.5.